The first-order valence-electron chi connectivity index (χ1n) is 10.1. The molecule has 0 unspecified atom stereocenters. The Morgan fingerprint density at radius 3 is 2.73 bits per heavy atom. The molecule has 7 nitrogen and oxygen atoms in total. The van der Waals surface area contributed by atoms with E-state index in [0.29, 0.717) is 23.1 Å². The van der Waals surface area contributed by atoms with E-state index in [1.807, 2.05) is 43.3 Å². The van der Waals surface area contributed by atoms with Crippen molar-refractivity contribution in [2.75, 3.05) is 18.4 Å². The number of phenols is 1. The summed E-state index contributed by atoms with van der Waals surface area (Å²) in [5, 5.41) is 29.5. The Hall–Kier alpha value is -3.10. The molecule has 0 amide bonds. The predicted octanol–water partition coefficient (Wildman–Crippen LogP) is 3.99. The van der Waals surface area contributed by atoms with Crippen LogP contribution in [0.15, 0.2) is 42.5 Å². The number of nitrogens with zero attached hydrogens (tertiary/aromatic N) is 4. The molecule has 5 rings (SSSR count). The van der Waals surface area contributed by atoms with Crippen LogP contribution in [0.1, 0.15) is 17.8 Å². The van der Waals surface area contributed by atoms with E-state index in [4.69, 9.17) is 0 Å². The van der Waals surface area contributed by atoms with Crippen LogP contribution in [0.25, 0.3) is 33.4 Å². The van der Waals surface area contributed by atoms with Crippen LogP contribution in [0, 0.1) is 6.92 Å². The van der Waals surface area contributed by atoms with Gasteiger partial charge in [-0.3, -0.25) is 0 Å². The molecule has 1 aliphatic heterocycles. The van der Waals surface area contributed by atoms with Crippen LogP contribution in [-0.2, 0) is 0 Å². The van der Waals surface area contributed by atoms with Gasteiger partial charge in [0.25, 0.3) is 0 Å². The molecule has 3 heterocycles. The number of piperidine rings is 1. The van der Waals surface area contributed by atoms with Crippen molar-refractivity contribution in [2.45, 2.75) is 25.8 Å². The lowest BCUT2D eigenvalue weighted by atomic mass is 10.0. The van der Waals surface area contributed by atoms with Crippen LogP contribution in [0.4, 0.5) is 5.82 Å². The van der Waals surface area contributed by atoms with Crippen LogP contribution < -0.4 is 10.6 Å². The number of aromatic nitrogens is 4. The third kappa shape index (κ3) is 3.59. The Bertz CT molecular complexity index is 1200. The summed E-state index contributed by atoms with van der Waals surface area (Å²) in [7, 11) is 0. The molecular formula is C22H22N6OS. The fourth-order valence-electron chi connectivity index (χ4n) is 3.87. The second-order valence-corrected chi connectivity index (χ2v) is 8.46. The molecule has 0 spiro atoms. The molecule has 30 heavy (non-hydrogen) atoms. The van der Waals surface area contributed by atoms with Gasteiger partial charge in [-0.15, -0.1) is 10.2 Å². The van der Waals surface area contributed by atoms with Crippen molar-refractivity contribution in [3.8, 4) is 28.4 Å². The molecule has 4 aromatic rings. The van der Waals surface area contributed by atoms with E-state index in [1.165, 1.54) is 11.5 Å². The normalized spacial score (nSPS) is 16.6. The number of anilines is 1. The Morgan fingerprint density at radius 1 is 1.13 bits per heavy atom. The molecule has 3 N–H and O–H groups in total. The van der Waals surface area contributed by atoms with Crippen LogP contribution in [0.2, 0.25) is 0 Å². The summed E-state index contributed by atoms with van der Waals surface area (Å²) in [6.07, 6.45) is 2.26. The smallest absolute Gasteiger partial charge is 0.173 e. The average Bonchev–Trinajstić information content (AvgIpc) is 3.21. The van der Waals surface area contributed by atoms with Gasteiger partial charge in [0.15, 0.2) is 11.6 Å². The van der Waals surface area contributed by atoms with Crippen molar-refractivity contribution in [3.63, 3.8) is 0 Å². The van der Waals surface area contributed by atoms with Crippen molar-refractivity contribution in [1.82, 2.24) is 24.9 Å². The first-order chi connectivity index (χ1) is 14.7. The fourth-order valence-corrected chi connectivity index (χ4v) is 4.36. The van der Waals surface area contributed by atoms with Crippen molar-refractivity contribution in [1.29, 1.82) is 0 Å². The highest BCUT2D eigenvalue weighted by Gasteiger charge is 2.18. The van der Waals surface area contributed by atoms with Crippen LogP contribution in [0.3, 0.4) is 0 Å². The largest absolute Gasteiger partial charge is 0.507 e. The number of hydrogen-bond acceptors (Lipinski definition) is 8. The maximum atomic E-state index is 10.8. The van der Waals surface area contributed by atoms with Crippen molar-refractivity contribution < 1.29 is 5.11 Å². The number of fused-ring (bicyclic) bond motifs is 1. The van der Waals surface area contributed by atoms with Crippen molar-refractivity contribution >= 4 is 28.1 Å². The van der Waals surface area contributed by atoms with E-state index in [9.17, 15) is 5.11 Å². The molecule has 1 fully saturated rings. The summed E-state index contributed by atoms with van der Waals surface area (Å²) < 4.78 is 4.32. The summed E-state index contributed by atoms with van der Waals surface area (Å²) in [6.45, 7) is 3.90. The molecule has 0 aliphatic carbocycles. The zero-order valence-corrected chi connectivity index (χ0v) is 17.4. The summed E-state index contributed by atoms with van der Waals surface area (Å²) >= 11 is 1.35. The van der Waals surface area contributed by atoms with E-state index >= 15 is 0 Å². The standard InChI is InChI=1S/C22H22N6OS/c1-13-24-21(28-30-13)14-8-9-18(19(29)11-14)20-16-6-2-3-7-17(16)22(27-26-20)25-15-5-4-10-23-12-15/h2-3,6-9,11,15,23,29H,4-5,10,12H2,1H3,(H,25,27)/t15-/m1/s1. The molecular weight excluding hydrogens is 396 g/mol. The second kappa shape index (κ2) is 7.97. The number of phenolic OH excluding ortho intramolecular Hbond substituents is 1. The van der Waals surface area contributed by atoms with Gasteiger partial charge in [-0.05, 0) is 50.0 Å². The minimum Gasteiger partial charge on any atom is -0.507 e. The van der Waals surface area contributed by atoms with Gasteiger partial charge >= 0.3 is 0 Å². The first-order valence-corrected chi connectivity index (χ1v) is 10.8. The third-order valence-corrected chi connectivity index (χ3v) is 5.98. The summed E-state index contributed by atoms with van der Waals surface area (Å²) in [4.78, 5) is 4.40. The van der Waals surface area contributed by atoms with Gasteiger partial charge in [-0.1, -0.05) is 30.3 Å². The highest BCUT2D eigenvalue weighted by atomic mass is 32.1. The molecule has 2 aromatic carbocycles. The molecule has 1 saturated heterocycles. The minimum absolute atomic E-state index is 0.136. The monoisotopic (exact) mass is 418 g/mol. The lowest BCUT2D eigenvalue weighted by Crippen LogP contribution is -2.38. The van der Waals surface area contributed by atoms with E-state index in [1.54, 1.807) is 6.07 Å². The number of hydrogen-bond donors (Lipinski definition) is 3. The van der Waals surface area contributed by atoms with Crippen molar-refractivity contribution in [2.24, 2.45) is 0 Å². The molecule has 2 aromatic heterocycles. The van der Waals surface area contributed by atoms with Gasteiger partial charge in [0.2, 0.25) is 0 Å². The molecule has 0 radical (unpaired) electrons. The maximum absolute atomic E-state index is 10.8. The van der Waals surface area contributed by atoms with Crippen LogP contribution >= 0.6 is 11.5 Å². The van der Waals surface area contributed by atoms with Gasteiger partial charge in [0.05, 0.1) is 0 Å². The van der Waals surface area contributed by atoms with Gasteiger partial charge in [-0.25, -0.2) is 4.98 Å². The quantitative estimate of drug-likeness (QED) is 0.461. The zero-order valence-electron chi connectivity index (χ0n) is 16.6. The number of benzene rings is 2. The molecule has 152 valence electrons. The van der Waals surface area contributed by atoms with E-state index in [0.717, 1.165) is 53.1 Å². The van der Waals surface area contributed by atoms with E-state index in [2.05, 4.69) is 30.2 Å². The highest BCUT2D eigenvalue weighted by Crippen LogP contribution is 2.36. The maximum Gasteiger partial charge on any atom is 0.173 e. The lowest BCUT2D eigenvalue weighted by Gasteiger charge is -2.24. The van der Waals surface area contributed by atoms with Gasteiger partial charge in [-0.2, -0.15) is 4.37 Å². The number of aryl methyl sites for hydroxylation is 1. The Kier molecular flexibility index (Phi) is 5.02. The van der Waals surface area contributed by atoms with Crippen molar-refractivity contribution in [3.05, 3.63) is 47.5 Å². The SMILES string of the molecule is Cc1nc(-c2ccc(-c3nnc(N[C@@H]4CCCNC4)c4ccccc34)c(O)c2)ns1. The number of rotatable bonds is 4. The predicted molar refractivity (Wildman–Crippen MR) is 120 cm³/mol. The van der Waals surface area contributed by atoms with E-state index < -0.39 is 0 Å². The minimum atomic E-state index is 0.136. The first kappa shape index (κ1) is 18.9. The third-order valence-electron chi connectivity index (χ3n) is 5.36. The second-order valence-electron chi connectivity index (χ2n) is 7.50. The topological polar surface area (TPSA) is 95.9 Å². The van der Waals surface area contributed by atoms with Gasteiger partial charge in [0, 0.05) is 34.5 Å². The molecule has 0 bridgehead atoms. The molecule has 1 aliphatic rings. The molecule has 0 saturated carbocycles. The summed E-state index contributed by atoms with van der Waals surface area (Å²) in [6, 6.07) is 13.8. The average molecular weight is 419 g/mol. The molecule has 1 atom stereocenters. The zero-order chi connectivity index (χ0) is 20.5. The van der Waals surface area contributed by atoms with Gasteiger partial charge < -0.3 is 15.7 Å². The van der Waals surface area contributed by atoms with Crippen LogP contribution in [-0.4, -0.2) is 43.8 Å². The lowest BCUT2D eigenvalue weighted by molar-refractivity contribution is 0.477. The van der Waals surface area contributed by atoms with E-state index in [-0.39, 0.29) is 5.75 Å². The Labute approximate surface area is 178 Å². The highest BCUT2D eigenvalue weighted by molar-refractivity contribution is 7.05. The Morgan fingerprint density at radius 2 is 2.00 bits per heavy atom. The Balaban J connectivity index is 1.54. The number of aromatic hydroxyl groups is 1. The summed E-state index contributed by atoms with van der Waals surface area (Å²) in [5.41, 5.74) is 2.07. The van der Waals surface area contributed by atoms with Gasteiger partial charge in [0.1, 0.15) is 16.5 Å². The number of nitrogens with one attached hydrogen (secondary N) is 2. The fraction of sp³-hybridized carbons (Fsp3) is 0.273. The molecule has 8 heteroatoms. The van der Waals surface area contributed by atoms with Crippen LogP contribution in [0.5, 0.6) is 5.75 Å². The summed E-state index contributed by atoms with van der Waals surface area (Å²) in [5.74, 6) is 1.54.